The molecule has 1 aliphatic heterocycles. The predicted octanol–water partition coefficient (Wildman–Crippen LogP) is 4.44. The maximum Gasteiger partial charge on any atom is 0.363 e. The van der Waals surface area contributed by atoms with Crippen LogP contribution >= 0.6 is 11.6 Å². The van der Waals surface area contributed by atoms with Gasteiger partial charge < -0.3 is 4.74 Å². The SMILES string of the molecule is CCc1ccc(/C=C2/N=C(Cc3ccc(Cl)cc3)OC2=O)cc1. The minimum atomic E-state index is -0.409. The molecule has 1 aliphatic rings. The van der Waals surface area contributed by atoms with Crippen molar-refractivity contribution in [3.63, 3.8) is 0 Å². The van der Waals surface area contributed by atoms with Gasteiger partial charge in [0, 0.05) is 11.4 Å². The Morgan fingerprint density at radius 1 is 1.04 bits per heavy atom. The number of benzene rings is 2. The van der Waals surface area contributed by atoms with E-state index in [1.165, 1.54) is 5.56 Å². The van der Waals surface area contributed by atoms with E-state index < -0.39 is 5.97 Å². The van der Waals surface area contributed by atoms with E-state index in [4.69, 9.17) is 16.3 Å². The first kappa shape index (κ1) is 15.5. The van der Waals surface area contributed by atoms with Crippen LogP contribution in [0.1, 0.15) is 23.6 Å². The number of aliphatic imine (C=N–C) groups is 1. The number of halogens is 1. The number of aryl methyl sites for hydroxylation is 1. The number of rotatable bonds is 4. The third-order valence-electron chi connectivity index (χ3n) is 3.62. The van der Waals surface area contributed by atoms with E-state index in [0.717, 1.165) is 17.5 Å². The van der Waals surface area contributed by atoms with E-state index in [1.807, 2.05) is 36.4 Å². The highest BCUT2D eigenvalue weighted by Crippen LogP contribution is 2.19. The Kier molecular flexibility index (Phi) is 4.58. The summed E-state index contributed by atoms with van der Waals surface area (Å²) in [5, 5.41) is 0.676. The largest absolute Gasteiger partial charge is 0.406 e. The Morgan fingerprint density at radius 3 is 2.35 bits per heavy atom. The van der Waals surface area contributed by atoms with E-state index in [-0.39, 0.29) is 0 Å². The number of nitrogens with zero attached hydrogens (tertiary/aromatic N) is 1. The molecule has 4 heteroatoms. The number of esters is 1. The van der Waals surface area contributed by atoms with E-state index in [2.05, 4.69) is 11.9 Å². The van der Waals surface area contributed by atoms with Gasteiger partial charge in [0.05, 0.1) is 0 Å². The zero-order valence-electron chi connectivity index (χ0n) is 12.8. The molecule has 2 aromatic carbocycles. The topological polar surface area (TPSA) is 38.7 Å². The van der Waals surface area contributed by atoms with Gasteiger partial charge in [-0.25, -0.2) is 9.79 Å². The van der Waals surface area contributed by atoms with Crippen molar-refractivity contribution < 1.29 is 9.53 Å². The second-order valence-electron chi connectivity index (χ2n) is 5.32. The first-order valence-electron chi connectivity index (χ1n) is 7.49. The number of carbonyl (C=O) groups excluding carboxylic acids is 1. The molecule has 0 aliphatic carbocycles. The van der Waals surface area contributed by atoms with Crippen molar-refractivity contribution in [2.24, 2.45) is 4.99 Å². The van der Waals surface area contributed by atoms with Gasteiger partial charge in [-0.05, 0) is 41.3 Å². The van der Waals surface area contributed by atoms with Gasteiger partial charge in [-0.15, -0.1) is 0 Å². The van der Waals surface area contributed by atoms with E-state index in [9.17, 15) is 4.79 Å². The summed E-state index contributed by atoms with van der Waals surface area (Å²) in [5.41, 5.74) is 3.52. The Labute approximate surface area is 140 Å². The summed E-state index contributed by atoms with van der Waals surface area (Å²) in [5.74, 6) is 0.00211. The highest BCUT2D eigenvalue weighted by molar-refractivity contribution is 6.30. The smallest absolute Gasteiger partial charge is 0.363 e. The van der Waals surface area contributed by atoms with Crippen LogP contribution in [0.3, 0.4) is 0 Å². The predicted molar refractivity (Wildman–Crippen MR) is 92.5 cm³/mol. The normalized spacial score (nSPS) is 15.7. The lowest BCUT2D eigenvalue weighted by Crippen LogP contribution is -2.06. The van der Waals surface area contributed by atoms with Crippen LogP contribution < -0.4 is 0 Å². The van der Waals surface area contributed by atoms with Crippen molar-refractivity contribution in [2.45, 2.75) is 19.8 Å². The quantitative estimate of drug-likeness (QED) is 0.615. The zero-order chi connectivity index (χ0) is 16.2. The second kappa shape index (κ2) is 6.80. The minimum Gasteiger partial charge on any atom is -0.406 e. The van der Waals surface area contributed by atoms with Crippen LogP contribution in [0.2, 0.25) is 5.02 Å². The molecule has 0 unspecified atom stereocenters. The summed E-state index contributed by atoms with van der Waals surface area (Å²) < 4.78 is 5.24. The Bertz CT molecular complexity index is 774. The molecular formula is C19H16ClNO2. The molecule has 3 nitrogen and oxygen atoms in total. The average Bonchev–Trinajstić information content (AvgIpc) is 2.90. The van der Waals surface area contributed by atoms with Crippen LogP contribution in [-0.2, 0) is 22.4 Å². The van der Waals surface area contributed by atoms with Gasteiger partial charge in [0.15, 0.2) is 5.70 Å². The molecule has 0 N–H and O–H groups in total. The van der Waals surface area contributed by atoms with Gasteiger partial charge >= 0.3 is 5.97 Å². The number of hydrogen-bond acceptors (Lipinski definition) is 3. The molecule has 0 radical (unpaired) electrons. The lowest BCUT2D eigenvalue weighted by Gasteiger charge is -2.00. The fourth-order valence-corrected chi connectivity index (χ4v) is 2.44. The second-order valence-corrected chi connectivity index (χ2v) is 5.76. The molecule has 23 heavy (non-hydrogen) atoms. The third kappa shape index (κ3) is 3.88. The molecule has 1 heterocycles. The average molecular weight is 326 g/mol. The lowest BCUT2D eigenvalue weighted by molar-refractivity contribution is -0.130. The number of ether oxygens (including phenoxy) is 1. The zero-order valence-corrected chi connectivity index (χ0v) is 13.5. The van der Waals surface area contributed by atoms with Crippen molar-refractivity contribution in [3.8, 4) is 0 Å². The Morgan fingerprint density at radius 2 is 1.70 bits per heavy atom. The number of carbonyl (C=O) groups is 1. The Hall–Kier alpha value is -2.39. The van der Waals surface area contributed by atoms with Crippen LogP contribution in [0, 0.1) is 0 Å². The summed E-state index contributed by atoms with van der Waals surface area (Å²) in [6.45, 7) is 2.11. The molecule has 2 aromatic rings. The molecular weight excluding hydrogens is 310 g/mol. The van der Waals surface area contributed by atoms with Crippen LogP contribution in [0.15, 0.2) is 59.2 Å². The molecule has 0 saturated carbocycles. The fourth-order valence-electron chi connectivity index (χ4n) is 2.31. The first-order valence-corrected chi connectivity index (χ1v) is 7.86. The summed E-state index contributed by atoms with van der Waals surface area (Å²) in [6, 6.07) is 15.4. The summed E-state index contributed by atoms with van der Waals surface area (Å²) in [6.07, 6.45) is 3.20. The van der Waals surface area contributed by atoms with Crippen molar-refractivity contribution >= 4 is 29.5 Å². The van der Waals surface area contributed by atoms with E-state index in [1.54, 1.807) is 18.2 Å². The van der Waals surface area contributed by atoms with Crippen molar-refractivity contribution in [1.82, 2.24) is 0 Å². The van der Waals surface area contributed by atoms with E-state index in [0.29, 0.717) is 23.0 Å². The van der Waals surface area contributed by atoms with Gasteiger partial charge in [-0.3, -0.25) is 0 Å². The van der Waals surface area contributed by atoms with Crippen molar-refractivity contribution in [2.75, 3.05) is 0 Å². The molecule has 0 fully saturated rings. The summed E-state index contributed by atoms with van der Waals surface area (Å²) in [7, 11) is 0. The number of hydrogen-bond donors (Lipinski definition) is 0. The molecule has 0 aromatic heterocycles. The fraction of sp³-hybridized carbons (Fsp3) is 0.158. The molecule has 3 rings (SSSR count). The minimum absolute atomic E-state index is 0.332. The molecule has 116 valence electrons. The van der Waals surface area contributed by atoms with Gasteiger partial charge in [0.25, 0.3) is 0 Å². The highest BCUT2D eigenvalue weighted by atomic mass is 35.5. The highest BCUT2D eigenvalue weighted by Gasteiger charge is 2.22. The first-order chi connectivity index (χ1) is 11.1. The van der Waals surface area contributed by atoms with Crippen LogP contribution in [0.25, 0.3) is 6.08 Å². The van der Waals surface area contributed by atoms with Crippen molar-refractivity contribution in [3.05, 3.63) is 75.9 Å². The summed E-state index contributed by atoms with van der Waals surface area (Å²) in [4.78, 5) is 16.2. The third-order valence-corrected chi connectivity index (χ3v) is 3.88. The monoisotopic (exact) mass is 325 g/mol. The number of cyclic esters (lactones) is 1. The van der Waals surface area contributed by atoms with E-state index >= 15 is 0 Å². The molecule has 0 amide bonds. The van der Waals surface area contributed by atoms with Gasteiger partial charge in [-0.1, -0.05) is 54.9 Å². The van der Waals surface area contributed by atoms with Crippen LogP contribution in [0.5, 0.6) is 0 Å². The van der Waals surface area contributed by atoms with Gasteiger partial charge in [-0.2, -0.15) is 0 Å². The molecule has 0 atom stereocenters. The standard InChI is InChI=1S/C19H16ClNO2/c1-2-13-3-5-14(6-4-13)11-17-19(22)23-18(21-17)12-15-7-9-16(20)10-8-15/h3-11H,2,12H2,1H3/b17-11+. The molecule has 0 spiro atoms. The maximum absolute atomic E-state index is 11.9. The molecule has 0 bridgehead atoms. The van der Waals surface area contributed by atoms with Crippen LogP contribution in [-0.4, -0.2) is 11.9 Å². The summed E-state index contributed by atoms with van der Waals surface area (Å²) >= 11 is 5.86. The molecule has 0 saturated heterocycles. The lowest BCUT2D eigenvalue weighted by atomic mass is 10.1. The maximum atomic E-state index is 11.9. The van der Waals surface area contributed by atoms with Crippen molar-refractivity contribution in [1.29, 1.82) is 0 Å². The van der Waals surface area contributed by atoms with Crippen LogP contribution in [0.4, 0.5) is 0 Å². The van der Waals surface area contributed by atoms with Gasteiger partial charge in [0.2, 0.25) is 5.90 Å². The van der Waals surface area contributed by atoms with Gasteiger partial charge in [0.1, 0.15) is 0 Å². The Balaban J connectivity index is 1.77.